The molecule has 3 aliphatic rings. The largest absolute Gasteiger partial charge is 0.394 e. The van der Waals surface area contributed by atoms with Crippen LogP contribution in [0.5, 0.6) is 0 Å². The van der Waals surface area contributed by atoms with Gasteiger partial charge >= 0.3 is 0 Å². The average molecular weight is 227 g/mol. The maximum Gasteiger partial charge on any atom is 0.161 e. The molecule has 1 unspecified atom stereocenters. The number of aliphatic hydroxyl groups is 1. The third kappa shape index (κ3) is 1.51. The zero-order chi connectivity index (χ0) is 11.8. The second-order valence-corrected chi connectivity index (χ2v) is 4.96. The zero-order valence-electron chi connectivity index (χ0n) is 10.1. The van der Waals surface area contributed by atoms with Crippen LogP contribution in [0.15, 0.2) is 0 Å². The van der Waals surface area contributed by atoms with E-state index in [-0.39, 0.29) is 18.3 Å². The molecular formula is C12H21NO3. The van der Waals surface area contributed by atoms with Gasteiger partial charge in [0.2, 0.25) is 0 Å². The predicted molar refractivity (Wildman–Crippen MR) is 60.2 cm³/mol. The monoisotopic (exact) mass is 227 g/mol. The molecule has 0 aromatic rings. The Balaban J connectivity index is 2.31. The second-order valence-electron chi connectivity index (χ2n) is 4.96. The van der Waals surface area contributed by atoms with Gasteiger partial charge in [0.15, 0.2) is 5.78 Å². The quantitative estimate of drug-likeness (QED) is 0.757. The highest BCUT2D eigenvalue weighted by Crippen LogP contribution is 2.40. The van der Waals surface area contributed by atoms with Gasteiger partial charge in [0, 0.05) is 25.6 Å². The first-order chi connectivity index (χ1) is 7.69. The Morgan fingerprint density at radius 2 is 2.38 bits per heavy atom. The molecule has 3 aliphatic heterocycles. The van der Waals surface area contributed by atoms with Crippen LogP contribution in [0.2, 0.25) is 0 Å². The lowest BCUT2D eigenvalue weighted by molar-refractivity contribution is -0.166. The fourth-order valence-corrected chi connectivity index (χ4v) is 3.37. The number of nitrogens with zero attached hydrogens (tertiary/aromatic N) is 1. The van der Waals surface area contributed by atoms with E-state index in [4.69, 9.17) is 4.74 Å². The fraction of sp³-hybridized carbons (Fsp3) is 0.917. The number of hydrogen-bond acceptors (Lipinski definition) is 4. The number of ether oxygens (including phenoxy) is 1. The van der Waals surface area contributed by atoms with Crippen LogP contribution in [0.1, 0.15) is 26.2 Å². The highest BCUT2D eigenvalue weighted by Gasteiger charge is 2.55. The Morgan fingerprint density at radius 3 is 2.94 bits per heavy atom. The van der Waals surface area contributed by atoms with E-state index in [0.29, 0.717) is 12.6 Å². The van der Waals surface area contributed by atoms with Gasteiger partial charge in [0.05, 0.1) is 13.2 Å². The highest BCUT2D eigenvalue weighted by molar-refractivity contribution is 5.92. The fourth-order valence-electron chi connectivity index (χ4n) is 3.37. The number of methoxy groups -OCH3 is 1. The van der Waals surface area contributed by atoms with E-state index in [2.05, 4.69) is 11.8 Å². The first kappa shape index (κ1) is 12.0. The molecule has 0 radical (unpaired) electrons. The number of ketones is 1. The molecule has 92 valence electrons. The van der Waals surface area contributed by atoms with Crippen LogP contribution in [-0.2, 0) is 9.53 Å². The van der Waals surface area contributed by atoms with Gasteiger partial charge in [-0.3, -0.25) is 9.69 Å². The topological polar surface area (TPSA) is 49.8 Å². The normalized spacial score (nSPS) is 42.7. The molecule has 1 N–H and O–H groups in total. The van der Waals surface area contributed by atoms with Gasteiger partial charge in [0.25, 0.3) is 0 Å². The summed E-state index contributed by atoms with van der Waals surface area (Å²) in [6.45, 7) is 3.26. The average Bonchev–Trinajstić information content (AvgIpc) is 2.33. The Morgan fingerprint density at radius 1 is 1.62 bits per heavy atom. The molecule has 2 bridgehead atoms. The van der Waals surface area contributed by atoms with Crippen LogP contribution in [-0.4, -0.2) is 54.2 Å². The molecule has 16 heavy (non-hydrogen) atoms. The Hall–Kier alpha value is -0.450. The van der Waals surface area contributed by atoms with Crippen LogP contribution >= 0.6 is 0 Å². The zero-order valence-corrected chi connectivity index (χ0v) is 10.1. The molecule has 0 saturated carbocycles. The van der Waals surface area contributed by atoms with E-state index in [1.807, 2.05) is 0 Å². The van der Waals surface area contributed by atoms with Crippen molar-refractivity contribution in [1.29, 1.82) is 0 Å². The lowest BCUT2D eigenvalue weighted by atomic mass is 9.70. The molecule has 4 heteroatoms. The third-order valence-electron chi connectivity index (χ3n) is 4.21. The van der Waals surface area contributed by atoms with Crippen LogP contribution in [0.3, 0.4) is 0 Å². The van der Waals surface area contributed by atoms with Gasteiger partial charge in [0.1, 0.15) is 5.54 Å². The lowest BCUT2D eigenvalue weighted by Crippen LogP contribution is -2.71. The van der Waals surface area contributed by atoms with Crippen molar-refractivity contribution < 1.29 is 14.6 Å². The maximum atomic E-state index is 12.3. The lowest BCUT2D eigenvalue weighted by Gasteiger charge is -2.55. The molecule has 0 spiro atoms. The molecule has 3 heterocycles. The van der Waals surface area contributed by atoms with Crippen molar-refractivity contribution in [2.75, 3.05) is 26.9 Å². The van der Waals surface area contributed by atoms with Crippen LogP contribution < -0.4 is 0 Å². The van der Waals surface area contributed by atoms with E-state index in [9.17, 15) is 9.90 Å². The van der Waals surface area contributed by atoms with Gasteiger partial charge in [-0.2, -0.15) is 0 Å². The first-order valence-electron chi connectivity index (χ1n) is 6.10. The molecule has 0 aliphatic carbocycles. The summed E-state index contributed by atoms with van der Waals surface area (Å²) in [6.07, 6.45) is 2.94. The first-order valence-corrected chi connectivity index (χ1v) is 6.10. The summed E-state index contributed by atoms with van der Waals surface area (Å²) >= 11 is 0. The number of hydrogen-bond donors (Lipinski definition) is 1. The summed E-state index contributed by atoms with van der Waals surface area (Å²) in [5.41, 5.74) is -0.753. The molecule has 0 aromatic heterocycles. The molecular weight excluding hydrogens is 206 g/mol. The van der Waals surface area contributed by atoms with Crippen molar-refractivity contribution in [3.63, 3.8) is 0 Å². The predicted octanol–water partition coefficient (Wildman–Crippen LogP) is 0.437. The van der Waals surface area contributed by atoms with E-state index in [1.165, 1.54) is 0 Å². The van der Waals surface area contributed by atoms with Crippen LogP contribution in [0.4, 0.5) is 0 Å². The summed E-state index contributed by atoms with van der Waals surface area (Å²) < 4.78 is 5.17. The second kappa shape index (κ2) is 4.43. The Kier molecular flexibility index (Phi) is 3.33. The van der Waals surface area contributed by atoms with E-state index < -0.39 is 5.54 Å². The number of Topliss-reactive ketones (excluding diaryl/α,β-unsaturated/α-hetero) is 1. The maximum absolute atomic E-state index is 12.3. The van der Waals surface area contributed by atoms with Gasteiger partial charge in [-0.1, -0.05) is 6.92 Å². The van der Waals surface area contributed by atoms with Crippen molar-refractivity contribution in [3.05, 3.63) is 0 Å². The number of rotatable bonds is 4. The van der Waals surface area contributed by atoms with Gasteiger partial charge in [-0.05, 0) is 19.3 Å². The molecule has 4 atom stereocenters. The van der Waals surface area contributed by atoms with E-state index >= 15 is 0 Å². The van der Waals surface area contributed by atoms with Crippen molar-refractivity contribution in [2.24, 2.45) is 5.92 Å². The highest BCUT2D eigenvalue weighted by atomic mass is 16.5. The number of fused-ring (bicyclic) bond motifs is 3. The summed E-state index contributed by atoms with van der Waals surface area (Å²) in [7, 11) is 1.59. The van der Waals surface area contributed by atoms with Crippen molar-refractivity contribution in [1.82, 2.24) is 4.90 Å². The minimum absolute atomic E-state index is 0.118. The number of carbonyl (C=O) groups is 1. The van der Waals surface area contributed by atoms with Gasteiger partial charge in [-0.15, -0.1) is 0 Å². The minimum Gasteiger partial charge on any atom is -0.394 e. The van der Waals surface area contributed by atoms with Crippen molar-refractivity contribution >= 4 is 5.78 Å². The minimum atomic E-state index is -0.753. The van der Waals surface area contributed by atoms with E-state index in [1.54, 1.807) is 7.11 Å². The standard InChI is InChI=1S/C12H21NO3/c1-3-10-6-9-4-5-13(10)12(7-14,8-16-2)11(9)15/h9-10,14H,3-8H2,1-2H3/t9-,10+,12-/m1/s1. The molecule has 0 aromatic carbocycles. The Labute approximate surface area is 96.6 Å². The van der Waals surface area contributed by atoms with Gasteiger partial charge in [-0.25, -0.2) is 0 Å². The summed E-state index contributed by atoms with van der Waals surface area (Å²) in [5, 5.41) is 9.64. The van der Waals surface area contributed by atoms with Gasteiger partial charge < -0.3 is 9.84 Å². The molecule has 4 nitrogen and oxygen atoms in total. The SMILES string of the molecule is CC[C@H]1C[C@H]2CCN1[C@](CO)(COC)C2=O. The molecule has 0 amide bonds. The van der Waals surface area contributed by atoms with Crippen LogP contribution in [0, 0.1) is 5.92 Å². The molecule has 3 saturated heterocycles. The molecule has 3 fully saturated rings. The van der Waals surface area contributed by atoms with Crippen LogP contribution in [0.25, 0.3) is 0 Å². The van der Waals surface area contributed by atoms with Crippen molar-refractivity contribution in [3.8, 4) is 0 Å². The Bertz CT molecular complexity index is 281. The summed E-state index contributed by atoms with van der Waals surface area (Å²) in [6, 6.07) is 0.429. The van der Waals surface area contributed by atoms with E-state index in [0.717, 1.165) is 25.8 Å². The third-order valence-corrected chi connectivity index (χ3v) is 4.21. The van der Waals surface area contributed by atoms with Crippen molar-refractivity contribution in [2.45, 2.75) is 37.8 Å². The summed E-state index contributed by atoms with van der Waals surface area (Å²) in [5.74, 6) is 0.324. The number of piperidine rings is 3. The number of carbonyl (C=O) groups excluding carboxylic acids is 1. The summed E-state index contributed by atoms with van der Waals surface area (Å²) in [4.78, 5) is 14.5. The molecule has 3 rings (SSSR count). The smallest absolute Gasteiger partial charge is 0.161 e. The number of aliphatic hydroxyl groups excluding tert-OH is 1.